The lowest BCUT2D eigenvalue weighted by Crippen LogP contribution is -2.36. The summed E-state index contributed by atoms with van der Waals surface area (Å²) in [4.78, 5) is 12.6. The minimum atomic E-state index is -0.439. The lowest BCUT2D eigenvalue weighted by Gasteiger charge is -2.45. The zero-order valence-electron chi connectivity index (χ0n) is 29.1. The summed E-state index contributed by atoms with van der Waals surface area (Å²) in [5.41, 5.74) is 18.3. The molecule has 1 spiro atoms. The molecule has 1 aliphatic heterocycles. The van der Waals surface area contributed by atoms with Gasteiger partial charge in [-0.25, -0.2) is 9.97 Å². The predicted octanol–water partition coefficient (Wildman–Crippen LogP) is 12.2. The fraction of sp³-hybridized carbons (Fsp3) is 0.0612. The number of hydrogen-bond acceptors (Lipinski definition) is 3. The first-order valence-electron chi connectivity index (χ1n) is 17.9. The highest BCUT2D eigenvalue weighted by molar-refractivity contribution is 5.96. The number of anilines is 3. The van der Waals surface area contributed by atoms with Crippen LogP contribution in [0.2, 0.25) is 0 Å². The maximum Gasteiger partial charge on any atom is 0.160 e. The molecule has 10 rings (SSSR count). The first-order chi connectivity index (χ1) is 25.6. The summed E-state index contributed by atoms with van der Waals surface area (Å²) < 4.78 is 0. The molecule has 52 heavy (non-hydrogen) atoms. The predicted molar refractivity (Wildman–Crippen MR) is 213 cm³/mol. The van der Waals surface area contributed by atoms with Crippen molar-refractivity contribution in [1.29, 1.82) is 0 Å². The number of nitrogens with zero attached hydrogens (tertiary/aromatic N) is 3. The summed E-state index contributed by atoms with van der Waals surface area (Å²) in [6.07, 6.45) is 0. The van der Waals surface area contributed by atoms with Gasteiger partial charge in [0.2, 0.25) is 0 Å². The number of benzene rings is 7. The first-order valence-corrected chi connectivity index (χ1v) is 17.9. The van der Waals surface area contributed by atoms with E-state index < -0.39 is 5.41 Å². The van der Waals surface area contributed by atoms with Crippen LogP contribution in [0, 0.1) is 13.8 Å². The highest BCUT2D eigenvalue weighted by Crippen LogP contribution is 2.63. The molecule has 0 amide bonds. The molecule has 7 aromatic carbocycles. The smallest absolute Gasteiger partial charge is 0.160 e. The molecule has 2 aliphatic rings. The number of aromatic nitrogens is 2. The summed E-state index contributed by atoms with van der Waals surface area (Å²) >= 11 is 0. The highest BCUT2D eigenvalue weighted by atomic mass is 15.2. The summed E-state index contributed by atoms with van der Waals surface area (Å²) in [5.74, 6) is 0.704. The average Bonchev–Trinajstić information content (AvgIpc) is 3.50. The van der Waals surface area contributed by atoms with Crippen LogP contribution in [-0.2, 0) is 5.41 Å². The van der Waals surface area contributed by atoms with E-state index in [2.05, 4.69) is 183 Å². The summed E-state index contributed by atoms with van der Waals surface area (Å²) in [5, 5.41) is 0. The standard InChI is InChI=1S/C49H35N3/c1-32-21-27-46-42(29-32)49(40-19-11-9-17-38(40)39-18-10-12-20-41(39)49)43-30-33(2)22-28-47(43)52(46)37-25-23-36(24-26-37)48-50-44(34-13-5-3-6-14-34)31-45(51-48)35-15-7-4-8-16-35/h3-31H,1-2H3. The number of hydrogen-bond donors (Lipinski definition) is 0. The monoisotopic (exact) mass is 665 g/mol. The Balaban J connectivity index is 1.16. The highest BCUT2D eigenvalue weighted by Gasteiger charge is 2.51. The largest absolute Gasteiger partial charge is 0.310 e. The van der Waals surface area contributed by atoms with E-state index >= 15 is 0 Å². The fourth-order valence-corrected chi connectivity index (χ4v) is 8.51. The van der Waals surface area contributed by atoms with Crippen molar-refractivity contribution < 1.29 is 0 Å². The Bertz CT molecular complexity index is 2480. The molecule has 0 atom stereocenters. The zero-order chi connectivity index (χ0) is 34.8. The van der Waals surface area contributed by atoms with Gasteiger partial charge in [0.25, 0.3) is 0 Å². The maximum atomic E-state index is 5.10. The molecular formula is C49H35N3. The van der Waals surface area contributed by atoms with Crippen LogP contribution in [0.3, 0.4) is 0 Å². The second kappa shape index (κ2) is 11.8. The van der Waals surface area contributed by atoms with E-state index in [-0.39, 0.29) is 0 Å². The van der Waals surface area contributed by atoms with E-state index in [9.17, 15) is 0 Å². The van der Waals surface area contributed by atoms with Gasteiger partial charge in [-0.1, -0.05) is 145 Å². The normalized spacial score (nSPS) is 13.3. The molecule has 0 fully saturated rings. The molecule has 3 nitrogen and oxygen atoms in total. The molecule has 0 saturated heterocycles. The van der Waals surface area contributed by atoms with Crippen molar-refractivity contribution in [2.75, 3.05) is 4.90 Å². The van der Waals surface area contributed by atoms with E-state index in [1.54, 1.807) is 0 Å². The van der Waals surface area contributed by atoms with Gasteiger partial charge in [-0.2, -0.15) is 0 Å². The van der Waals surface area contributed by atoms with Crippen molar-refractivity contribution in [2.45, 2.75) is 19.3 Å². The molecule has 0 radical (unpaired) electrons. The molecule has 2 heterocycles. The van der Waals surface area contributed by atoms with Crippen molar-refractivity contribution in [3.8, 4) is 45.0 Å². The Morgan fingerprint density at radius 2 is 0.865 bits per heavy atom. The van der Waals surface area contributed by atoms with Gasteiger partial charge in [-0.15, -0.1) is 0 Å². The molecule has 1 aliphatic carbocycles. The van der Waals surface area contributed by atoms with Crippen LogP contribution < -0.4 is 4.90 Å². The van der Waals surface area contributed by atoms with Crippen LogP contribution in [-0.4, -0.2) is 9.97 Å². The van der Waals surface area contributed by atoms with Crippen LogP contribution in [0.15, 0.2) is 176 Å². The van der Waals surface area contributed by atoms with Crippen molar-refractivity contribution in [3.63, 3.8) is 0 Å². The zero-order valence-corrected chi connectivity index (χ0v) is 29.1. The Kier molecular flexibility index (Phi) is 6.84. The number of fused-ring (bicyclic) bond motifs is 9. The molecule has 1 aromatic heterocycles. The van der Waals surface area contributed by atoms with Gasteiger partial charge in [-0.3, -0.25) is 0 Å². The molecular weight excluding hydrogens is 631 g/mol. The number of rotatable bonds is 4. The second-order valence-corrected chi connectivity index (χ2v) is 14.0. The van der Waals surface area contributed by atoms with Crippen LogP contribution in [0.1, 0.15) is 33.4 Å². The Morgan fingerprint density at radius 3 is 1.37 bits per heavy atom. The van der Waals surface area contributed by atoms with E-state index in [4.69, 9.17) is 9.97 Å². The van der Waals surface area contributed by atoms with Crippen molar-refractivity contribution in [1.82, 2.24) is 9.97 Å². The van der Waals surface area contributed by atoms with E-state index in [0.717, 1.165) is 33.8 Å². The lowest BCUT2D eigenvalue weighted by molar-refractivity contribution is 0.750. The SMILES string of the molecule is Cc1ccc2c(c1)C1(c3ccccc3-c3ccccc31)c1cc(C)ccc1N2c1ccc(-c2nc(-c3ccccc3)cc(-c3ccccc3)n2)cc1. The molecule has 8 aromatic rings. The quantitative estimate of drug-likeness (QED) is 0.187. The van der Waals surface area contributed by atoms with Gasteiger partial charge in [0.15, 0.2) is 5.82 Å². The third kappa shape index (κ3) is 4.52. The van der Waals surface area contributed by atoms with Crippen molar-refractivity contribution >= 4 is 17.1 Å². The van der Waals surface area contributed by atoms with Crippen LogP contribution in [0.5, 0.6) is 0 Å². The minimum absolute atomic E-state index is 0.439. The fourth-order valence-electron chi connectivity index (χ4n) is 8.51. The summed E-state index contributed by atoms with van der Waals surface area (Å²) in [7, 11) is 0. The summed E-state index contributed by atoms with van der Waals surface area (Å²) in [6, 6.07) is 63.5. The van der Waals surface area contributed by atoms with Gasteiger partial charge in [0, 0.05) is 22.4 Å². The van der Waals surface area contributed by atoms with Gasteiger partial charge < -0.3 is 4.90 Å². The third-order valence-electron chi connectivity index (χ3n) is 10.8. The topological polar surface area (TPSA) is 29.0 Å². The Morgan fingerprint density at radius 1 is 0.404 bits per heavy atom. The first kappa shape index (κ1) is 30.3. The van der Waals surface area contributed by atoms with Crippen LogP contribution in [0.4, 0.5) is 17.1 Å². The molecule has 246 valence electrons. The molecule has 0 saturated carbocycles. The van der Waals surface area contributed by atoms with Gasteiger partial charge in [0.05, 0.1) is 28.2 Å². The lowest BCUT2D eigenvalue weighted by atomic mass is 9.64. The molecule has 0 bridgehead atoms. The van der Waals surface area contributed by atoms with E-state index in [1.807, 2.05) is 12.1 Å². The van der Waals surface area contributed by atoms with Gasteiger partial charge in [0.1, 0.15) is 0 Å². The average molecular weight is 666 g/mol. The maximum absolute atomic E-state index is 5.10. The second-order valence-electron chi connectivity index (χ2n) is 14.0. The van der Waals surface area contributed by atoms with E-state index in [1.165, 1.54) is 55.9 Å². The van der Waals surface area contributed by atoms with E-state index in [0.29, 0.717) is 5.82 Å². The van der Waals surface area contributed by atoms with Crippen molar-refractivity contribution in [2.24, 2.45) is 0 Å². The molecule has 3 heteroatoms. The molecule has 0 N–H and O–H groups in total. The number of aryl methyl sites for hydroxylation is 2. The Hall–Kier alpha value is -6.58. The van der Waals surface area contributed by atoms with Crippen LogP contribution in [0.25, 0.3) is 45.0 Å². The van der Waals surface area contributed by atoms with Crippen molar-refractivity contribution in [3.05, 3.63) is 209 Å². The molecule has 0 unspecified atom stereocenters. The van der Waals surface area contributed by atoms with Gasteiger partial charge in [-0.05, 0) is 89.7 Å². The Labute approximate surface area is 304 Å². The van der Waals surface area contributed by atoms with Crippen LogP contribution >= 0.6 is 0 Å². The summed E-state index contributed by atoms with van der Waals surface area (Å²) in [6.45, 7) is 4.41. The third-order valence-corrected chi connectivity index (χ3v) is 10.8. The minimum Gasteiger partial charge on any atom is -0.310 e. The van der Waals surface area contributed by atoms with Gasteiger partial charge >= 0.3 is 0 Å².